The summed E-state index contributed by atoms with van der Waals surface area (Å²) >= 11 is 1.81. The Morgan fingerprint density at radius 2 is 2.33 bits per heavy atom. The molecule has 0 atom stereocenters. The molecule has 0 saturated heterocycles. The number of nitrogens with zero attached hydrogens (tertiary/aromatic N) is 2. The molecule has 0 radical (unpaired) electrons. The van der Waals surface area contributed by atoms with Crippen molar-refractivity contribution in [3.63, 3.8) is 0 Å². The summed E-state index contributed by atoms with van der Waals surface area (Å²) in [5.41, 5.74) is 2.67. The number of carboxylic acids is 1. The molecule has 2 aromatic rings. The highest BCUT2D eigenvalue weighted by molar-refractivity contribution is 7.11. The molecule has 1 aliphatic rings. The number of thiazole rings is 1. The van der Waals surface area contributed by atoms with Gasteiger partial charge in [0.15, 0.2) is 0 Å². The summed E-state index contributed by atoms with van der Waals surface area (Å²) in [7, 11) is 0. The number of fused-ring (bicyclic) bond motifs is 1. The van der Waals surface area contributed by atoms with Gasteiger partial charge in [0, 0.05) is 30.9 Å². The Morgan fingerprint density at radius 3 is 3.10 bits per heavy atom. The van der Waals surface area contributed by atoms with E-state index in [1.54, 1.807) is 12.1 Å². The summed E-state index contributed by atoms with van der Waals surface area (Å²) < 4.78 is 0. The van der Waals surface area contributed by atoms with Crippen LogP contribution in [0, 0.1) is 0 Å². The van der Waals surface area contributed by atoms with Gasteiger partial charge in [-0.05, 0) is 24.1 Å². The molecule has 1 aromatic carbocycles. The van der Waals surface area contributed by atoms with Crippen molar-refractivity contribution in [2.45, 2.75) is 32.9 Å². The summed E-state index contributed by atoms with van der Waals surface area (Å²) in [4.78, 5) is 19.4. The van der Waals surface area contributed by atoms with E-state index in [2.05, 4.69) is 16.8 Å². The van der Waals surface area contributed by atoms with E-state index in [1.807, 2.05) is 23.5 Å². The predicted molar refractivity (Wildman–Crippen MR) is 82.7 cm³/mol. The second-order valence-corrected chi connectivity index (χ2v) is 6.47. The third-order valence-corrected chi connectivity index (χ3v) is 4.96. The topological polar surface area (TPSA) is 53.4 Å². The minimum atomic E-state index is -0.868. The number of aromatic nitrogens is 1. The third kappa shape index (κ3) is 3.14. The fourth-order valence-electron chi connectivity index (χ4n) is 2.65. The largest absolute Gasteiger partial charge is 0.478 e. The van der Waals surface area contributed by atoms with Crippen LogP contribution < -0.4 is 0 Å². The van der Waals surface area contributed by atoms with E-state index in [-0.39, 0.29) is 0 Å². The monoisotopic (exact) mass is 302 g/mol. The zero-order valence-electron chi connectivity index (χ0n) is 12.0. The smallest absolute Gasteiger partial charge is 0.335 e. The number of hydrogen-bond acceptors (Lipinski definition) is 4. The summed E-state index contributed by atoms with van der Waals surface area (Å²) in [6, 6.07) is 7.21. The lowest BCUT2D eigenvalue weighted by Crippen LogP contribution is -2.29. The molecule has 1 aliphatic heterocycles. The Kier molecular flexibility index (Phi) is 4.03. The average molecular weight is 302 g/mol. The fourth-order valence-corrected chi connectivity index (χ4v) is 3.75. The van der Waals surface area contributed by atoms with Crippen LogP contribution in [-0.2, 0) is 25.9 Å². The van der Waals surface area contributed by atoms with Gasteiger partial charge in [-0.3, -0.25) is 4.90 Å². The maximum absolute atomic E-state index is 11.0. The highest BCUT2D eigenvalue weighted by Gasteiger charge is 2.20. The van der Waals surface area contributed by atoms with E-state index in [4.69, 9.17) is 5.11 Å². The highest BCUT2D eigenvalue weighted by Crippen LogP contribution is 2.26. The summed E-state index contributed by atoms with van der Waals surface area (Å²) in [6.07, 6.45) is 1.99. The van der Waals surface area contributed by atoms with Gasteiger partial charge in [0.05, 0.1) is 16.3 Å². The van der Waals surface area contributed by atoms with E-state index in [0.29, 0.717) is 5.56 Å². The number of hydrogen-bond donors (Lipinski definition) is 1. The molecule has 0 aliphatic carbocycles. The third-order valence-electron chi connectivity index (χ3n) is 3.74. The summed E-state index contributed by atoms with van der Waals surface area (Å²) in [5, 5.41) is 10.3. The van der Waals surface area contributed by atoms with Crippen molar-refractivity contribution in [3.8, 4) is 0 Å². The minimum Gasteiger partial charge on any atom is -0.478 e. The van der Waals surface area contributed by atoms with Crippen molar-refractivity contribution in [3.05, 3.63) is 51.0 Å². The van der Waals surface area contributed by atoms with Crippen LogP contribution in [0.15, 0.2) is 24.3 Å². The predicted octanol–water partition coefficient (Wildman–Crippen LogP) is 2.96. The Morgan fingerprint density at radius 1 is 1.48 bits per heavy atom. The van der Waals surface area contributed by atoms with Gasteiger partial charge in [0.1, 0.15) is 0 Å². The Bertz CT molecular complexity index is 666. The van der Waals surface area contributed by atoms with Crippen LogP contribution in [-0.4, -0.2) is 27.5 Å². The lowest BCUT2D eigenvalue weighted by atomic mass is 10.1. The van der Waals surface area contributed by atoms with E-state index in [1.165, 1.54) is 15.6 Å². The van der Waals surface area contributed by atoms with Crippen LogP contribution in [0.1, 0.15) is 38.4 Å². The van der Waals surface area contributed by atoms with Crippen molar-refractivity contribution < 1.29 is 9.90 Å². The van der Waals surface area contributed by atoms with Gasteiger partial charge in [-0.15, -0.1) is 11.3 Å². The van der Waals surface area contributed by atoms with Crippen LogP contribution in [0.4, 0.5) is 0 Å². The molecule has 0 spiro atoms. The molecule has 5 heteroatoms. The SMILES string of the molecule is CCc1nc2c(s1)CN(Cc1cccc(C(=O)O)c1)CC2. The molecule has 0 amide bonds. The summed E-state index contributed by atoms with van der Waals surface area (Å²) in [6.45, 7) is 4.83. The zero-order chi connectivity index (χ0) is 14.8. The van der Waals surface area contributed by atoms with Crippen molar-refractivity contribution in [2.75, 3.05) is 6.54 Å². The first-order valence-electron chi connectivity index (χ1n) is 7.17. The molecule has 0 bridgehead atoms. The van der Waals surface area contributed by atoms with Gasteiger partial charge in [0.2, 0.25) is 0 Å². The van der Waals surface area contributed by atoms with Gasteiger partial charge >= 0.3 is 5.97 Å². The van der Waals surface area contributed by atoms with Crippen LogP contribution in [0.5, 0.6) is 0 Å². The normalized spacial score (nSPS) is 14.9. The lowest BCUT2D eigenvalue weighted by molar-refractivity contribution is 0.0696. The maximum atomic E-state index is 11.0. The number of rotatable bonds is 4. The first-order valence-corrected chi connectivity index (χ1v) is 7.99. The molecule has 0 saturated carbocycles. The van der Waals surface area contributed by atoms with Crippen molar-refractivity contribution >= 4 is 17.3 Å². The Balaban J connectivity index is 1.72. The molecule has 1 N–H and O–H groups in total. The van der Waals surface area contributed by atoms with Crippen molar-refractivity contribution in [1.29, 1.82) is 0 Å². The molecule has 2 heterocycles. The van der Waals surface area contributed by atoms with Crippen LogP contribution in [0.25, 0.3) is 0 Å². The Hall–Kier alpha value is -1.72. The van der Waals surface area contributed by atoms with Crippen LogP contribution in [0.2, 0.25) is 0 Å². The van der Waals surface area contributed by atoms with E-state index in [0.717, 1.165) is 38.0 Å². The fraction of sp³-hybridized carbons (Fsp3) is 0.375. The molecule has 110 valence electrons. The Labute approximate surface area is 128 Å². The first-order chi connectivity index (χ1) is 10.2. The highest BCUT2D eigenvalue weighted by atomic mass is 32.1. The van der Waals surface area contributed by atoms with Gasteiger partial charge in [-0.2, -0.15) is 0 Å². The number of aryl methyl sites for hydroxylation is 1. The van der Waals surface area contributed by atoms with Crippen molar-refractivity contribution in [2.24, 2.45) is 0 Å². The molecule has 4 nitrogen and oxygen atoms in total. The van der Waals surface area contributed by atoms with Gasteiger partial charge in [-0.25, -0.2) is 9.78 Å². The molecule has 3 rings (SSSR count). The molecular formula is C16H18N2O2S. The first kappa shape index (κ1) is 14.2. The molecule has 0 unspecified atom stereocenters. The van der Waals surface area contributed by atoms with Gasteiger partial charge in [-0.1, -0.05) is 19.1 Å². The van der Waals surface area contributed by atoms with Crippen molar-refractivity contribution in [1.82, 2.24) is 9.88 Å². The molecular weight excluding hydrogens is 284 g/mol. The number of benzene rings is 1. The second kappa shape index (κ2) is 5.95. The lowest BCUT2D eigenvalue weighted by Gasteiger charge is -2.26. The zero-order valence-corrected chi connectivity index (χ0v) is 12.8. The van der Waals surface area contributed by atoms with E-state index >= 15 is 0 Å². The summed E-state index contributed by atoms with van der Waals surface area (Å²) in [5.74, 6) is -0.868. The molecule has 0 fully saturated rings. The number of carboxylic acid groups (broad SMARTS) is 1. The maximum Gasteiger partial charge on any atom is 0.335 e. The molecule has 21 heavy (non-hydrogen) atoms. The van der Waals surface area contributed by atoms with Gasteiger partial charge < -0.3 is 5.11 Å². The van der Waals surface area contributed by atoms with E-state index in [9.17, 15) is 4.79 Å². The standard InChI is InChI=1S/C16H18N2O2S/c1-2-15-17-13-6-7-18(10-14(13)21-15)9-11-4-3-5-12(8-11)16(19)20/h3-5,8H,2,6-7,9-10H2,1H3,(H,19,20). The minimum absolute atomic E-state index is 0.358. The van der Waals surface area contributed by atoms with Crippen LogP contribution in [0.3, 0.4) is 0 Å². The molecule has 1 aromatic heterocycles. The van der Waals surface area contributed by atoms with Gasteiger partial charge in [0.25, 0.3) is 0 Å². The second-order valence-electron chi connectivity index (χ2n) is 5.30. The quantitative estimate of drug-likeness (QED) is 0.943. The average Bonchev–Trinajstić information content (AvgIpc) is 2.90. The van der Waals surface area contributed by atoms with E-state index < -0.39 is 5.97 Å². The number of carbonyl (C=O) groups is 1. The van der Waals surface area contributed by atoms with Crippen LogP contribution >= 0.6 is 11.3 Å². The number of aromatic carboxylic acids is 1.